The summed E-state index contributed by atoms with van der Waals surface area (Å²) in [7, 11) is 0. The Labute approximate surface area is 77.1 Å². The minimum absolute atomic E-state index is 1.34. The molecule has 0 heterocycles. The van der Waals surface area contributed by atoms with Crippen LogP contribution in [0, 0.1) is 0 Å². The van der Waals surface area contributed by atoms with E-state index in [1.807, 2.05) is 11.1 Å². The summed E-state index contributed by atoms with van der Waals surface area (Å²) in [4.78, 5) is 0. The Bertz CT molecular complexity index is 135. The molecule has 0 aromatic rings. The Hall–Kier alpha value is -0.260. The van der Waals surface area contributed by atoms with E-state index in [1.54, 1.807) is 0 Å². The van der Waals surface area contributed by atoms with Crippen LogP contribution in [0.2, 0.25) is 0 Å². The van der Waals surface area contributed by atoms with Crippen LogP contribution in [0.4, 0.5) is 0 Å². The highest BCUT2D eigenvalue weighted by molar-refractivity contribution is 5.16. The Morgan fingerprint density at radius 3 is 1.58 bits per heavy atom. The van der Waals surface area contributed by atoms with Gasteiger partial charge in [0.2, 0.25) is 0 Å². The van der Waals surface area contributed by atoms with Gasteiger partial charge in [0.15, 0.2) is 0 Å². The van der Waals surface area contributed by atoms with Crippen molar-refractivity contribution in [1.82, 2.24) is 0 Å². The molecule has 0 spiro atoms. The van der Waals surface area contributed by atoms with Crippen molar-refractivity contribution in [2.24, 2.45) is 0 Å². The Balaban J connectivity index is 2.55. The molecule has 70 valence electrons. The molecule has 0 unspecified atom stereocenters. The molecule has 0 bridgehead atoms. The fourth-order valence-corrected chi connectivity index (χ4v) is 2.24. The van der Waals surface area contributed by atoms with E-state index in [0.717, 1.165) is 0 Å². The van der Waals surface area contributed by atoms with Gasteiger partial charge in [-0.2, -0.15) is 0 Å². The highest BCUT2D eigenvalue weighted by Crippen LogP contribution is 2.30. The zero-order valence-corrected chi connectivity index (χ0v) is 8.66. The summed E-state index contributed by atoms with van der Waals surface area (Å²) in [5.74, 6) is 0. The van der Waals surface area contributed by atoms with Crippen molar-refractivity contribution in [3.63, 3.8) is 0 Å². The van der Waals surface area contributed by atoms with Gasteiger partial charge in [-0.25, -0.2) is 0 Å². The molecule has 1 aliphatic carbocycles. The second kappa shape index (κ2) is 5.40. The summed E-state index contributed by atoms with van der Waals surface area (Å²) in [5, 5.41) is 0. The summed E-state index contributed by atoms with van der Waals surface area (Å²) in [6, 6.07) is 0. The molecule has 0 saturated heterocycles. The molecule has 0 heteroatoms. The van der Waals surface area contributed by atoms with Gasteiger partial charge in [-0.05, 0) is 38.5 Å². The third-order valence-corrected chi connectivity index (χ3v) is 2.81. The smallest absolute Gasteiger partial charge is 0.0318 e. The first-order chi connectivity index (χ1) is 5.88. The van der Waals surface area contributed by atoms with Crippen LogP contribution in [0.25, 0.3) is 0 Å². The maximum Gasteiger partial charge on any atom is -0.0318 e. The number of hydrogen-bond acceptors (Lipinski definition) is 0. The molecule has 0 fully saturated rings. The monoisotopic (exact) mass is 166 g/mol. The lowest BCUT2D eigenvalue weighted by Gasteiger charge is -2.19. The van der Waals surface area contributed by atoms with E-state index in [0.29, 0.717) is 0 Å². The summed E-state index contributed by atoms with van der Waals surface area (Å²) in [6.07, 6.45) is 11.1. The van der Waals surface area contributed by atoms with E-state index >= 15 is 0 Å². The third-order valence-electron chi connectivity index (χ3n) is 2.81. The molecule has 0 amide bonds. The molecule has 0 aromatic carbocycles. The first kappa shape index (κ1) is 9.83. The van der Waals surface area contributed by atoms with Gasteiger partial charge < -0.3 is 0 Å². The maximum atomic E-state index is 2.30. The normalized spacial score (nSPS) is 18.5. The molecule has 0 N–H and O–H groups in total. The summed E-state index contributed by atoms with van der Waals surface area (Å²) in [5.41, 5.74) is 3.62. The molecule has 0 atom stereocenters. The van der Waals surface area contributed by atoms with Crippen LogP contribution in [-0.2, 0) is 0 Å². The molecule has 0 nitrogen and oxygen atoms in total. The number of allylic oxidation sites excluding steroid dienone is 2. The Kier molecular flexibility index (Phi) is 4.42. The van der Waals surface area contributed by atoms with Gasteiger partial charge in [-0.1, -0.05) is 37.8 Å². The molecule has 0 aliphatic heterocycles. The van der Waals surface area contributed by atoms with Crippen LogP contribution in [0.3, 0.4) is 0 Å². The van der Waals surface area contributed by atoms with Crippen molar-refractivity contribution in [3.05, 3.63) is 11.1 Å². The zero-order valence-electron chi connectivity index (χ0n) is 8.66. The van der Waals surface area contributed by atoms with Crippen LogP contribution in [0.15, 0.2) is 11.1 Å². The molecule has 12 heavy (non-hydrogen) atoms. The summed E-state index contributed by atoms with van der Waals surface area (Å²) >= 11 is 0. The first-order valence-corrected chi connectivity index (χ1v) is 5.58. The minimum atomic E-state index is 1.34. The zero-order chi connectivity index (χ0) is 8.81. The van der Waals surface area contributed by atoms with Gasteiger partial charge in [0.25, 0.3) is 0 Å². The van der Waals surface area contributed by atoms with Crippen molar-refractivity contribution in [2.45, 2.75) is 65.2 Å². The average Bonchev–Trinajstić information content (AvgIpc) is 2.09. The highest BCUT2D eigenvalue weighted by Gasteiger charge is 2.10. The van der Waals surface area contributed by atoms with E-state index < -0.39 is 0 Å². The summed E-state index contributed by atoms with van der Waals surface area (Å²) in [6.45, 7) is 4.59. The molecule has 0 saturated carbocycles. The van der Waals surface area contributed by atoms with E-state index in [2.05, 4.69) is 13.8 Å². The van der Waals surface area contributed by atoms with Crippen LogP contribution in [0.5, 0.6) is 0 Å². The lowest BCUT2D eigenvalue weighted by atomic mass is 9.87. The van der Waals surface area contributed by atoms with Crippen molar-refractivity contribution in [3.8, 4) is 0 Å². The van der Waals surface area contributed by atoms with E-state index in [-0.39, 0.29) is 0 Å². The molecule has 1 rings (SSSR count). The quantitative estimate of drug-likeness (QED) is 0.541. The van der Waals surface area contributed by atoms with Crippen LogP contribution >= 0.6 is 0 Å². The fourth-order valence-electron chi connectivity index (χ4n) is 2.24. The SMILES string of the molecule is CCCC1=C(CCC)CCCC1. The molecular formula is C12H22. The summed E-state index contributed by atoms with van der Waals surface area (Å²) < 4.78 is 0. The second-order valence-corrected chi connectivity index (χ2v) is 3.91. The van der Waals surface area contributed by atoms with Crippen molar-refractivity contribution < 1.29 is 0 Å². The van der Waals surface area contributed by atoms with E-state index in [1.165, 1.54) is 51.4 Å². The van der Waals surface area contributed by atoms with Crippen molar-refractivity contribution in [1.29, 1.82) is 0 Å². The number of hydrogen-bond donors (Lipinski definition) is 0. The largest absolute Gasteiger partial charge is 0.0710 e. The Morgan fingerprint density at radius 2 is 1.25 bits per heavy atom. The molecular weight excluding hydrogens is 144 g/mol. The van der Waals surface area contributed by atoms with Crippen LogP contribution < -0.4 is 0 Å². The number of rotatable bonds is 4. The topological polar surface area (TPSA) is 0 Å². The van der Waals surface area contributed by atoms with E-state index in [9.17, 15) is 0 Å². The second-order valence-electron chi connectivity index (χ2n) is 3.91. The van der Waals surface area contributed by atoms with Gasteiger partial charge in [-0.15, -0.1) is 0 Å². The molecule has 0 radical (unpaired) electrons. The van der Waals surface area contributed by atoms with Gasteiger partial charge in [0.1, 0.15) is 0 Å². The maximum absolute atomic E-state index is 2.30. The van der Waals surface area contributed by atoms with Crippen LogP contribution in [-0.4, -0.2) is 0 Å². The Morgan fingerprint density at radius 1 is 0.833 bits per heavy atom. The van der Waals surface area contributed by atoms with Crippen molar-refractivity contribution in [2.75, 3.05) is 0 Å². The predicted molar refractivity (Wildman–Crippen MR) is 55.3 cm³/mol. The minimum Gasteiger partial charge on any atom is -0.0710 e. The lowest BCUT2D eigenvalue weighted by Crippen LogP contribution is -1.99. The standard InChI is InChI=1S/C12H22/c1-3-7-11-9-5-6-10-12(11)8-4-2/h3-10H2,1-2H3. The van der Waals surface area contributed by atoms with Crippen LogP contribution in [0.1, 0.15) is 65.2 Å². The third kappa shape index (κ3) is 2.66. The molecule has 1 aliphatic rings. The first-order valence-electron chi connectivity index (χ1n) is 5.58. The van der Waals surface area contributed by atoms with Crippen molar-refractivity contribution >= 4 is 0 Å². The lowest BCUT2D eigenvalue weighted by molar-refractivity contribution is 0.618. The highest BCUT2D eigenvalue weighted by atomic mass is 14.2. The van der Waals surface area contributed by atoms with Gasteiger partial charge >= 0.3 is 0 Å². The predicted octanol–water partition coefficient (Wildman–Crippen LogP) is 4.46. The van der Waals surface area contributed by atoms with Gasteiger partial charge in [0, 0.05) is 0 Å². The van der Waals surface area contributed by atoms with E-state index in [4.69, 9.17) is 0 Å². The van der Waals surface area contributed by atoms with Gasteiger partial charge in [-0.3, -0.25) is 0 Å². The molecule has 0 aromatic heterocycles. The van der Waals surface area contributed by atoms with Gasteiger partial charge in [0.05, 0.1) is 0 Å². The fraction of sp³-hybridized carbons (Fsp3) is 0.833. The average molecular weight is 166 g/mol.